The van der Waals surface area contributed by atoms with E-state index >= 15 is 0 Å². The SMILES string of the molecule is Cc1ccc(C(=O)Nc2ccc(S(=O)(=O)N3CCOCC3)cc2)cc1S(=O)(=O)Nc1ccccc1. The quantitative estimate of drug-likeness (QED) is 0.499. The van der Waals surface area contributed by atoms with E-state index < -0.39 is 26.0 Å². The normalized spacial score (nSPS) is 14.9. The number of hydrogen-bond acceptors (Lipinski definition) is 6. The van der Waals surface area contributed by atoms with Gasteiger partial charge in [-0.2, -0.15) is 4.31 Å². The van der Waals surface area contributed by atoms with Crippen LogP contribution in [0, 0.1) is 6.92 Å². The van der Waals surface area contributed by atoms with Crippen molar-refractivity contribution in [1.29, 1.82) is 0 Å². The molecule has 2 N–H and O–H groups in total. The Morgan fingerprint density at radius 1 is 0.857 bits per heavy atom. The molecule has 0 bridgehead atoms. The lowest BCUT2D eigenvalue weighted by atomic mass is 10.1. The molecule has 0 radical (unpaired) electrons. The second kappa shape index (κ2) is 10.2. The highest BCUT2D eigenvalue weighted by Gasteiger charge is 2.26. The summed E-state index contributed by atoms with van der Waals surface area (Å²) in [6, 6.07) is 18.7. The topological polar surface area (TPSA) is 122 Å². The summed E-state index contributed by atoms with van der Waals surface area (Å²) in [5, 5.41) is 2.68. The molecule has 1 saturated heterocycles. The number of aryl methyl sites for hydroxylation is 1. The van der Waals surface area contributed by atoms with E-state index in [0.717, 1.165) is 0 Å². The van der Waals surface area contributed by atoms with Crippen molar-refractivity contribution in [2.24, 2.45) is 0 Å². The second-order valence-electron chi connectivity index (χ2n) is 7.95. The molecule has 3 aromatic carbocycles. The number of hydrogen-bond donors (Lipinski definition) is 2. The molecule has 4 rings (SSSR count). The zero-order valence-corrected chi connectivity index (χ0v) is 20.6. The largest absolute Gasteiger partial charge is 0.379 e. The zero-order chi connectivity index (χ0) is 25.1. The van der Waals surface area contributed by atoms with Gasteiger partial charge in [-0.1, -0.05) is 24.3 Å². The Morgan fingerprint density at radius 2 is 1.51 bits per heavy atom. The second-order valence-corrected chi connectivity index (χ2v) is 11.5. The summed E-state index contributed by atoms with van der Waals surface area (Å²) in [5.41, 5.74) is 1.42. The maximum absolute atomic E-state index is 12.9. The summed E-state index contributed by atoms with van der Waals surface area (Å²) in [4.78, 5) is 12.9. The minimum atomic E-state index is -3.92. The maximum atomic E-state index is 12.9. The third kappa shape index (κ3) is 5.70. The van der Waals surface area contributed by atoms with Gasteiger partial charge in [0.05, 0.1) is 23.0 Å². The number of ether oxygens (including phenoxy) is 1. The van der Waals surface area contributed by atoms with Gasteiger partial charge in [-0.3, -0.25) is 9.52 Å². The fraction of sp³-hybridized carbons (Fsp3) is 0.208. The van der Waals surface area contributed by atoms with Crippen LogP contribution in [0.25, 0.3) is 0 Å². The first kappa shape index (κ1) is 24.9. The van der Waals surface area contributed by atoms with Crippen LogP contribution in [0.3, 0.4) is 0 Å². The van der Waals surface area contributed by atoms with Crippen molar-refractivity contribution in [3.8, 4) is 0 Å². The number of sulfonamides is 2. The number of morpholine rings is 1. The summed E-state index contributed by atoms with van der Waals surface area (Å²) in [7, 11) is -7.56. The third-order valence-corrected chi connectivity index (χ3v) is 8.92. The molecular weight excluding hydrogens is 490 g/mol. The monoisotopic (exact) mass is 515 g/mol. The van der Waals surface area contributed by atoms with E-state index in [4.69, 9.17) is 4.74 Å². The Kier molecular flexibility index (Phi) is 7.22. The smallest absolute Gasteiger partial charge is 0.262 e. The third-order valence-electron chi connectivity index (χ3n) is 5.49. The summed E-state index contributed by atoms with van der Waals surface area (Å²) < 4.78 is 60.4. The van der Waals surface area contributed by atoms with Crippen molar-refractivity contribution in [2.45, 2.75) is 16.7 Å². The lowest BCUT2D eigenvalue weighted by Gasteiger charge is -2.26. The van der Waals surface area contributed by atoms with E-state index in [0.29, 0.717) is 43.2 Å². The molecular formula is C24H25N3O6S2. The molecule has 0 aromatic heterocycles. The van der Waals surface area contributed by atoms with Crippen LogP contribution in [-0.4, -0.2) is 53.4 Å². The summed E-state index contributed by atoms with van der Waals surface area (Å²) >= 11 is 0. The van der Waals surface area contributed by atoms with Crippen molar-refractivity contribution in [3.63, 3.8) is 0 Å². The molecule has 0 atom stereocenters. The highest BCUT2D eigenvalue weighted by molar-refractivity contribution is 7.92. The number of para-hydroxylation sites is 1. The number of carbonyl (C=O) groups is 1. The molecule has 0 unspecified atom stereocenters. The Balaban J connectivity index is 1.50. The molecule has 9 nitrogen and oxygen atoms in total. The van der Waals surface area contributed by atoms with Crippen LogP contribution in [0.5, 0.6) is 0 Å². The van der Waals surface area contributed by atoms with Crippen LogP contribution >= 0.6 is 0 Å². The van der Waals surface area contributed by atoms with Crippen molar-refractivity contribution in [3.05, 3.63) is 83.9 Å². The van der Waals surface area contributed by atoms with Gasteiger partial charge in [-0.25, -0.2) is 16.8 Å². The molecule has 35 heavy (non-hydrogen) atoms. The van der Waals surface area contributed by atoms with Crippen LogP contribution in [0.4, 0.5) is 11.4 Å². The van der Waals surface area contributed by atoms with E-state index in [1.165, 1.54) is 40.7 Å². The van der Waals surface area contributed by atoms with Gasteiger partial charge in [0.25, 0.3) is 15.9 Å². The molecule has 1 fully saturated rings. The molecule has 0 saturated carbocycles. The molecule has 3 aromatic rings. The van der Waals surface area contributed by atoms with Gasteiger partial charge in [0.2, 0.25) is 10.0 Å². The average Bonchev–Trinajstić information content (AvgIpc) is 2.85. The van der Waals surface area contributed by atoms with Crippen molar-refractivity contribution in [2.75, 3.05) is 36.3 Å². The van der Waals surface area contributed by atoms with Gasteiger partial charge in [0.1, 0.15) is 0 Å². The van der Waals surface area contributed by atoms with Crippen LogP contribution in [0.1, 0.15) is 15.9 Å². The Bertz CT molecular complexity index is 1420. The highest BCUT2D eigenvalue weighted by Crippen LogP contribution is 2.23. The lowest BCUT2D eigenvalue weighted by molar-refractivity contribution is 0.0730. The van der Waals surface area contributed by atoms with Gasteiger partial charge >= 0.3 is 0 Å². The Morgan fingerprint density at radius 3 is 2.17 bits per heavy atom. The molecule has 1 aliphatic heterocycles. The van der Waals surface area contributed by atoms with E-state index in [1.54, 1.807) is 43.3 Å². The number of nitrogens with zero attached hydrogens (tertiary/aromatic N) is 1. The number of carbonyl (C=O) groups excluding carboxylic acids is 1. The number of nitrogens with one attached hydrogen (secondary N) is 2. The van der Waals surface area contributed by atoms with E-state index in [9.17, 15) is 21.6 Å². The molecule has 1 heterocycles. The average molecular weight is 516 g/mol. The minimum absolute atomic E-state index is 0.0130. The number of benzene rings is 3. The van der Waals surface area contributed by atoms with Gasteiger partial charge in [-0.15, -0.1) is 0 Å². The van der Waals surface area contributed by atoms with E-state index in [-0.39, 0.29) is 15.4 Å². The fourth-order valence-corrected chi connectivity index (χ4v) is 6.34. The molecule has 184 valence electrons. The van der Waals surface area contributed by atoms with E-state index in [2.05, 4.69) is 10.0 Å². The summed E-state index contributed by atoms with van der Waals surface area (Å²) in [6.07, 6.45) is 0. The standard InChI is InChI=1S/C24H25N3O6S2/c1-18-7-8-19(17-23(18)34(29,30)26-21-5-3-2-4-6-21)24(28)25-20-9-11-22(12-10-20)35(31,32)27-13-15-33-16-14-27/h2-12,17,26H,13-16H2,1H3,(H,25,28). The van der Waals surface area contributed by atoms with Crippen molar-refractivity contribution >= 4 is 37.3 Å². The van der Waals surface area contributed by atoms with Gasteiger partial charge in [0, 0.05) is 30.0 Å². The predicted octanol–water partition coefficient (Wildman–Crippen LogP) is 3.07. The van der Waals surface area contributed by atoms with Crippen molar-refractivity contribution < 1.29 is 26.4 Å². The van der Waals surface area contributed by atoms with Crippen LogP contribution in [0.15, 0.2) is 82.6 Å². The summed E-state index contributed by atoms with van der Waals surface area (Å²) in [5.74, 6) is -0.523. The Labute approximate surface area is 204 Å². The first-order chi connectivity index (χ1) is 16.7. The maximum Gasteiger partial charge on any atom is 0.262 e. The molecule has 1 amide bonds. The van der Waals surface area contributed by atoms with Gasteiger partial charge < -0.3 is 10.1 Å². The summed E-state index contributed by atoms with van der Waals surface area (Å²) in [6.45, 7) is 2.93. The highest BCUT2D eigenvalue weighted by atomic mass is 32.2. The molecule has 0 aliphatic carbocycles. The molecule has 1 aliphatic rings. The number of anilines is 2. The zero-order valence-electron chi connectivity index (χ0n) is 19.0. The predicted molar refractivity (Wildman–Crippen MR) is 132 cm³/mol. The lowest BCUT2D eigenvalue weighted by Crippen LogP contribution is -2.40. The first-order valence-corrected chi connectivity index (χ1v) is 13.8. The van der Waals surface area contributed by atoms with E-state index in [1.807, 2.05) is 0 Å². The van der Waals surface area contributed by atoms with Gasteiger partial charge in [0.15, 0.2) is 0 Å². The number of rotatable bonds is 7. The van der Waals surface area contributed by atoms with Crippen LogP contribution < -0.4 is 10.0 Å². The van der Waals surface area contributed by atoms with Crippen molar-refractivity contribution in [1.82, 2.24) is 4.31 Å². The first-order valence-electron chi connectivity index (χ1n) is 10.8. The minimum Gasteiger partial charge on any atom is -0.379 e. The van der Waals surface area contributed by atoms with Crippen LogP contribution in [-0.2, 0) is 24.8 Å². The number of amides is 1. The van der Waals surface area contributed by atoms with Crippen LogP contribution in [0.2, 0.25) is 0 Å². The Hall–Kier alpha value is -3.25. The molecule has 0 spiro atoms. The fourth-order valence-electron chi connectivity index (χ4n) is 3.60. The van der Waals surface area contributed by atoms with Gasteiger partial charge in [-0.05, 0) is 61.0 Å². The molecule has 11 heteroatoms.